The fourth-order valence-corrected chi connectivity index (χ4v) is 4.85. The summed E-state index contributed by atoms with van der Waals surface area (Å²) >= 11 is 0. The molecule has 32 heavy (non-hydrogen) atoms. The number of carbonyl (C=O) groups excluding carboxylic acids is 1. The van der Waals surface area contributed by atoms with Gasteiger partial charge >= 0.3 is 18.3 Å². The number of ether oxygens (including phenoxy) is 1. The number of alkyl halides is 6. The van der Waals surface area contributed by atoms with Crippen LogP contribution in [0.5, 0.6) is 0 Å². The second kappa shape index (κ2) is 8.90. The molecule has 0 saturated heterocycles. The molecular weight excluding hydrogens is 454 g/mol. The third kappa shape index (κ3) is 4.77. The van der Waals surface area contributed by atoms with Gasteiger partial charge in [-0.25, -0.2) is 4.79 Å². The summed E-state index contributed by atoms with van der Waals surface area (Å²) in [4.78, 5) is 14.8. The SMILES string of the molecule is CC(OC(=O)c1ccc([S+](c2ccccc2)c2ccccc2)cc1)(C(F)(F)F)C(F)(F)F. The van der Waals surface area contributed by atoms with Gasteiger partial charge in [-0.05, 0) is 55.5 Å². The molecule has 0 N–H and O–H groups in total. The molecule has 0 atom stereocenters. The first kappa shape index (κ1) is 23.7. The molecule has 0 fully saturated rings. The van der Waals surface area contributed by atoms with Crippen molar-refractivity contribution in [3.05, 3.63) is 90.5 Å². The Balaban J connectivity index is 1.93. The number of rotatable bonds is 5. The average Bonchev–Trinajstić information content (AvgIpc) is 2.74. The zero-order chi connectivity index (χ0) is 23.6. The Morgan fingerprint density at radius 2 is 1.03 bits per heavy atom. The normalized spacial score (nSPS) is 12.6. The van der Waals surface area contributed by atoms with E-state index in [4.69, 9.17) is 0 Å². The van der Waals surface area contributed by atoms with Gasteiger partial charge in [0.25, 0.3) is 5.60 Å². The van der Waals surface area contributed by atoms with Crippen LogP contribution in [0.1, 0.15) is 17.3 Å². The Hall–Kier alpha value is -2.94. The molecule has 0 aliphatic rings. The molecular formula is C23H17F6O2S+. The molecule has 0 unspecified atom stereocenters. The summed E-state index contributed by atoms with van der Waals surface area (Å²) in [5.41, 5.74) is -5.04. The van der Waals surface area contributed by atoms with Crippen molar-refractivity contribution in [2.45, 2.75) is 39.6 Å². The first-order chi connectivity index (χ1) is 14.9. The van der Waals surface area contributed by atoms with Crippen molar-refractivity contribution in [3.63, 3.8) is 0 Å². The lowest BCUT2D eigenvalue weighted by Gasteiger charge is -2.33. The minimum absolute atomic E-state index is 0.207. The predicted octanol–water partition coefficient (Wildman–Crippen LogP) is 6.82. The van der Waals surface area contributed by atoms with Crippen LogP contribution in [0.4, 0.5) is 26.3 Å². The number of carbonyl (C=O) groups is 1. The van der Waals surface area contributed by atoms with E-state index in [0.717, 1.165) is 26.8 Å². The van der Waals surface area contributed by atoms with Crippen molar-refractivity contribution in [3.8, 4) is 0 Å². The molecule has 0 saturated carbocycles. The highest BCUT2D eigenvalue weighted by Gasteiger charge is 2.71. The summed E-state index contributed by atoms with van der Waals surface area (Å²) in [7, 11) is -0.595. The average molecular weight is 471 g/mol. The van der Waals surface area contributed by atoms with Gasteiger partial charge in [0, 0.05) is 0 Å². The van der Waals surface area contributed by atoms with E-state index in [9.17, 15) is 31.1 Å². The monoisotopic (exact) mass is 471 g/mol. The Morgan fingerprint density at radius 3 is 1.41 bits per heavy atom. The zero-order valence-electron chi connectivity index (χ0n) is 16.6. The lowest BCUT2D eigenvalue weighted by Crippen LogP contribution is -2.57. The molecule has 0 bridgehead atoms. The van der Waals surface area contributed by atoms with E-state index in [1.165, 1.54) is 12.1 Å². The molecule has 0 radical (unpaired) electrons. The van der Waals surface area contributed by atoms with Crippen LogP contribution in [-0.4, -0.2) is 23.9 Å². The van der Waals surface area contributed by atoms with E-state index >= 15 is 0 Å². The molecule has 0 amide bonds. The maximum absolute atomic E-state index is 13.0. The van der Waals surface area contributed by atoms with Gasteiger partial charge < -0.3 is 4.74 Å². The van der Waals surface area contributed by atoms with Crippen LogP contribution < -0.4 is 0 Å². The highest BCUT2D eigenvalue weighted by molar-refractivity contribution is 7.97. The largest absolute Gasteiger partial charge is 0.437 e. The van der Waals surface area contributed by atoms with Crippen LogP contribution in [0.15, 0.2) is 99.6 Å². The number of esters is 1. The Labute approximate surface area is 183 Å². The molecule has 3 aromatic carbocycles. The molecule has 168 valence electrons. The van der Waals surface area contributed by atoms with Gasteiger partial charge in [0.1, 0.15) is 0 Å². The van der Waals surface area contributed by atoms with Gasteiger partial charge in [-0.3, -0.25) is 0 Å². The van der Waals surface area contributed by atoms with Gasteiger partial charge in [0.15, 0.2) is 14.7 Å². The quantitative estimate of drug-likeness (QED) is 0.232. The van der Waals surface area contributed by atoms with Crippen LogP contribution in [-0.2, 0) is 15.6 Å². The topological polar surface area (TPSA) is 26.3 Å². The van der Waals surface area contributed by atoms with Crippen molar-refractivity contribution >= 4 is 16.9 Å². The molecule has 2 nitrogen and oxygen atoms in total. The van der Waals surface area contributed by atoms with Crippen LogP contribution in [0.2, 0.25) is 0 Å². The van der Waals surface area contributed by atoms with E-state index in [1.807, 2.05) is 60.7 Å². The minimum atomic E-state index is -5.83. The number of halogens is 6. The Morgan fingerprint density at radius 1 is 0.656 bits per heavy atom. The van der Waals surface area contributed by atoms with Crippen molar-refractivity contribution in [2.24, 2.45) is 0 Å². The summed E-state index contributed by atoms with van der Waals surface area (Å²) in [6.07, 6.45) is -11.7. The molecule has 9 heteroatoms. The maximum atomic E-state index is 13.0. The standard InChI is InChI=1S/C23H17F6O2S/c1-21(22(24,25)26,23(27,28)29)31-20(30)16-12-14-19(15-13-16)32(17-8-4-2-5-9-17)18-10-6-3-7-11-18/h2-15H,1H3/q+1. The first-order valence-corrected chi connectivity index (χ1v) is 10.5. The maximum Gasteiger partial charge on any atom is 0.437 e. The molecule has 0 aromatic heterocycles. The van der Waals surface area contributed by atoms with E-state index in [0.29, 0.717) is 0 Å². The molecule has 0 heterocycles. The lowest BCUT2D eigenvalue weighted by atomic mass is 10.1. The third-order valence-corrected chi connectivity index (χ3v) is 6.89. The molecule has 0 aliphatic carbocycles. The van der Waals surface area contributed by atoms with Crippen LogP contribution in [0, 0.1) is 0 Å². The van der Waals surface area contributed by atoms with Crippen LogP contribution in [0.25, 0.3) is 0 Å². The fourth-order valence-electron chi connectivity index (χ4n) is 2.77. The fraction of sp³-hybridized carbons (Fsp3) is 0.174. The first-order valence-electron chi connectivity index (χ1n) is 9.25. The van der Waals surface area contributed by atoms with Crippen LogP contribution in [0.3, 0.4) is 0 Å². The van der Waals surface area contributed by atoms with Gasteiger partial charge in [-0.1, -0.05) is 36.4 Å². The smallest absolute Gasteiger partial charge is 0.436 e. The summed E-state index contributed by atoms with van der Waals surface area (Å²) in [6, 6.07) is 24.1. The Kier molecular flexibility index (Phi) is 6.59. The van der Waals surface area contributed by atoms with Gasteiger partial charge in [-0.15, -0.1) is 0 Å². The summed E-state index contributed by atoms with van der Waals surface area (Å²) in [5, 5.41) is 0. The zero-order valence-corrected chi connectivity index (χ0v) is 17.4. The highest BCUT2D eigenvalue weighted by Crippen LogP contribution is 2.46. The van der Waals surface area contributed by atoms with Gasteiger partial charge in [0.2, 0.25) is 0 Å². The number of hydrogen-bond donors (Lipinski definition) is 0. The van der Waals surface area contributed by atoms with E-state index in [1.54, 1.807) is 0 Å². The lowest BCUT2D eigenvalue weighted by molar-refractivity contribution is -0.358. The molecule has 0 aliphatic heterocycles. The Bertz CT molecular complexity index is 994. The number of benzene rings is 3. The van der Waals surface area contributed by atoms with Crippen LogP contribution >= 0.6 is 0 Å². The van der Waals surface area contributed by atoms with E-state index in [2.05, 4.69) is 4.74 Å². The summed E-state index contributed by atoms with van der Waals surface area (Å²) in [6.45, 7) is -0.207. The number of hydrogen-bond acceptors (Lipinski definition) is 2. The van der Waals surface area contributed by atoms with Crippen molar-refractivity contribution in [1.82, 2.24) is 0 Å². The van der Waals surface area contributed by atoms with Gasteiger partial charge in [0.05, 0.1) is 16.5 Å². The summed E-state index contributed by atoms with van der Waals surface area (Å²) < 4.78 is 82.1. The third-order valence-electron chi connectivity index (χ3n) is 4.66. The van der Waals surface area contributed by atoms with Crippen molar-refractivity contribution < 1.29 is 35.9 Å². The molecule has 3 rings (SSSR count). The predicted molar refractivity (Wildman–Crippen MR) is 107 cm³/mol. The molecule has 0 spiro atoms. The highest BCUT2D eigenvalue weighted by atomic mass is 32.2. The van der Waals surface area contributed by atoms with Crippen molar-refractivity contribution in [2.75, 3.05) is 0 Å². The molecule has 3 aromatic rings. The van der Waals surface area contributed by atoms with E-state index < -0.39 is 40.4 Å². The van der Waals surface area contributed by atoms with Gasteiger partial charge in [-0.2, -0.15) is 26.3 Å². The van der Waals surface area contributed by atoms with E-state index in [-0.39, 0.29) is 6.92 Å². The second-order valence-corrected chi connectivity index (χ2v) is 8.90. The summed E-state index contributed by atoms with van der Waals surface area (Å²) in [5.74, 6) is -1.71. The van der Waals surface area contributed by atoms with Crippen molar-refractivity contribution in [1.29, 1.82) is 0 Å². The minimum Gasteiger partial charge on any atom is -0.436 e. The second-order valence-electron chi connectivity index (χ2n) is 6.87.